The van der Waals surface area contributed by atoms with Gasteiger partial charge in [-0.1, -0.05) is 48.5 Å². The van der Waals surface area contributed by atoms with Gasteiger partial charge in [0, 0.05) is 0 Å². The van der Waals surface area contributed by atoms with Gasteiger partial charge in [0.25, 0.3) is 0 Å². The van der Waals surface area contributed by atoms with Gasteiger partial charge in [-0.05, 0) is 17.2 Å². The van der Waals surface area contributed by atoms with E-state index in [1.165, 1.54) is 6.33 Å². The number of nitrogens with zero attached hydrogens (tertiary/aromatic N) is 5. The van der Waals surface area contributed by atoms with Crippen LogP contribution >= 0.6 is 0 Å². The van der Waals surface area contributed by atoms with Crippen LogP contribution in [0.5, 0.6) is 0 Å². The van der Waals surface area contributed by atoms with E-state index >= 15 is 0 Å². The van der Waals surface area contributed by atoms with E-state index in [0.29, 0.717) is 6.54 Å². The highest BCUT2D eigenvalue weighted by molar-refractivity contribution is 5.80. The minimum absolute atomic E-state index is 0.650. The van der Waals surface area contributed by atoms with E-state index in [1.807, 2.05) is 53.1 Å². The molecule has 0 bridgehead atoms. The summed E-state index contributed by atoms with van der Waals surface area (Å²) >= 11 is 0. The molecular weight excluding hydrogens is 312 g/mol. The number of fused-ring (bicyclic) bond motifs is 1. The predicted molar refractivity (Wildman–Crippen MR) is 98.5 cm³/mol. The third-order valence-corrected chi connectivity index (χ3v) is 3.84. The molecular formula is C19H16N6. The van der Waals surface area contributed by atoms with E-state index in [1.54, 1.807) is 18.7 Å². The number of nitrogens with one attached hydrogen (secondary N) is 1. The Kier molecular flexibility index (Phi) is 4.16. The first kappa shape index (κ1) is 15.0. The second kappa shape index (κ2) is 6.92. The zero-order valence-corrected chi connectivity index (χ0v) is 13.4. The summed E-state index contributed by atoms with van der Waals surface area (Å²) in [7, 11) is 0. The van der Waals surface area contributed by atoms with E-state index in [-0.39, 0.29) is 0 Å². The summed E-state index contributed by atoms with van der Waals surface area (Å²) in [6.07, 6.45) is 6.84. The van der Waals surface area contributed by atoms with Gasteiger partial charge in [0.1, 0.15) is 11.8 Å². The SMILES string of the molecule is C(=NNc1ccccc1Cn1cnc2cncnc21)c1ccccc1. The zero-order valence-electron chi connectivity index (χ0n) is 13.4. The van der Waals surface area contributed by atoms with Gasteiger partial charge in [-0.25, -0.2) is 15.0 Å². The molecule has 4 aromatic rings. The van der Waals surface area contributed by atoms with Crippen LogP contribution < -0.4 is 5.43 Å². The van der Waals surface area contributed by atoms with Crippen LogP contribution in [0, 0.1) is 0 Å². The van der Waals surface area contributed by atoms with Gasteiger partial charge in [0.15, 0.2) is 5.65 Å². The molecule has 0 fully saturated rings. The molecule has 0 aliphatic carbocycles. The first-order valence-corrected chi connectivity index (χ1v) is 7.93. The van der Waals surface area contributed by atoms with Crippen LogP contribution in [0.25, 0.3) is 11.2 Å². The lowest BCUT2D eigenvalue weighted by Gasteiger charge is -2.09. The predicted octanol–water partition coefficient (Wildman–Crippen LogP) is 3.32. The Hall–Kier alpha value is -3.54. The molecule has 122 valence electrons. The number of hydrogen-bond donors (Lipinski definition) is 1. The molecule has 0 amide bonds. The Morgan fingerprint density at radius 1 is 1.00 bits per heavy atom. The maximum Gasteiger partial charge on any atom is 0.163 e. The van der Waals surface area contributed by atoms with Crippen molar-refractivity contribution in [3.8, 4) is 0 Å². The van der Waals surface area contributed by atoms with Crippen molar-refractivity contribution in [2.75, 3.05) is 5.43 Å². The second-order valence-electron chi connectivity index (χ2n) is 5.54. The molecule has 2 aromatic carbocycles. The highest BCUT2D eigenvalue weighted by Crippen LogP contribution is 2.18. The maximum atomic E-state index is 4.34. The molecule has 6 nitrogen and oxygen atoms in total. The summed E-state index contributed by atoms with van der Waals surface area (Å²) in [5.41, 5.74) is 7.83. The summed E-state index contributed by atoms with van der Waals surface area (Å²) in [5, 5.41) is 4.34. The van der Waals surface area contributed by atoms with Crippen LogP contribution in [0.1, 0.15) is 11.1 Å². The Labute approximate surface area is 144 Å². The van der Waals surface area contributed by atoms with Crippen LogP contribution in [0.4, 0.5) is 5.69 Å². The minimum atomic E-state index is 0.650. The number of rotatable bonds is 5. The average molecular weight is 328 g/mol. The molecule has 0 unspecified atom stereocenters. The lowest BCUT2D eigenvalue weighted by Crippen LogP contribution is -2.03. The molecule has 6 heteroatoms. The van der Waals surface area contributed by atoms with Crippen molar-refractivity contribution < 1.29 is 0 Å². The van der Waals surface area contributed by atoms with Gasteiger partial charge in [-0.15, -0.1) is 0 Å². The van der Waals surface area contributed by atoms with Crippen molar-refractivity contribution in [1.29, 1.82) is 0 Å². The molecule has 0 aliphatic heterocycles. The van der Waals surface area contributed by atoms with E-state index in [9.17, 15) is 0 Å². The standard InChI is InChI=1S/C19H16N6/c1-2-6-15(7-3-1)10-23-24-17-9-5-4-8-16(17)12-25-14-22-18-11-20-13-21-19(18)25/h1-11,13-14,24H,12H2. The third-order valence-electron chi connectivity index (χ3n) is 3.84. The van der Waals surface area contributed by atoms with Gasteiger partial charge in [0.2, 0.25) is 0 Å². The van der Waals surface area contributed by atoms with Gasteiger partial charge in [0.05, 0.1) is 31.0 Å². The van der Waals surface area contributed by atoms with Crippen LogP contribution in [-0.2, 0) is 6.54 Å². The summed E-state index contributed by atoms with van der Waals surface area (Å²) in [6.45, 7) is 0.650. The van der Waals surface area contributed by atoms with E-state index < -0.39 is 0 Å². The molecule has 0 radical (unpaired) electrons. The smallest absolute Gasteiger partial charge is 0.163 e. The zero-order chi connectivity index (χ0) is 16.9. The Morgan fingerprint density at radius 3 is 2.76 bits per heavy atom. The third kappa shape index (κ3) is 3.37. The normalized spacial score (nSPS) is 11.2. The van der Waals surface area contributed by atoms with Crippen molar-refractivity contribution in [2.45, 2.75) is 6.54 Å². The monoisotopic (exact) mass is 328 g/mol. The minimum Gasteiger partial charge on any atom is -0.311 e. The summed E-state index contributed by atoms with van der Waals surface area (Å²) in [6, 6.07) is 18.0. The van der Waals surface area contributed by atoms with Crippen LogP contribution in [-0.4, -0.2) is 25.7 Å². The molecule has 0 atom stereocenters. The molecule has 25 heavy (non-hydrogen) atoms. The van der Waals surface area contributed by atoms with E-state index in [4.69, 9.17) is 0 Å². The lowest BCUT2D eigenvalue weighted by molar-refractivity contribution is 0.813. The number of anilines is 1. The lowest BCUT2D eigenvalue weighted by atomic mass is 10.2. The number of aromatic nitrogens is 4. The van der Waals surface area contributed by atoms with Gasteiger partial charge in [-0.3, -0.25) is 5.43 Å². The maximum absolute atomic E-state index is 4.34. The van der Waals surface area contributed by atoms with Crippen molar-refractivity contribution in [3.05, 3.63) is 84.6 Å². The number of imidazole rings is 1. The molecule has 2 aromatic heterocycles. The van der Waals surface area contributed by atoms with Gasteiger partial charge >= 0.3 is 0 Å². The topological polar surface area (TPSA) is 68.0 Å². The fraction of sp³-hybridized carbons (Fsp3) is 0.0526. The Bertz CT molecular complexity index is 1010. The van der Waals surface area contributed by atoms with E-state index in [0.717, 1.165) is 28.0 Å². The van der Waals surface area contributed by atoms with Crippen LogP contribution in [0.15, 0.2) is 78.6 Å². The fourth-order valence-electron chi connectivity index (χ4n) is 2.60. The molecule has 0 saturated heterocycles. The molecule has 4 rings (SSSR count). The van der Waals surface area contributed by atoms with Crippen LogP contribution in [0.3, 0.4) is 0 Å². The largest absolute Gasteiger partial charge is 0.311 e. The average Bonchev–Trinajstić information content (AvgIpc) is 3.07. The van der Waals surface area contributed by atoms with E-state index in [2.05, 4.69) is 31.5 Å². The molecule has 0 spiro atoms. The van der Waals surface area contributed by atoms with Crippen molar-refractivity contribution in [3.63, 3.8) is 0 Å². The highest BCUT2D eigenvalue weighted by atomic mass is 15.3. The fourth-order valence-corrected chi connectivity index (χ4v) is 2.60. The van der Waals surface area contributed by atoms with Gasteiger partial charge < -0.3 is 4.57 Å². The second-order valence-corrected chi connectivity index (χ2v) is 5.54. The Morgan fingerprint density at radius 2 is 1.84 bits per heavy atom. The van der Waals surface area contributed by atoms with Crippen molar-refractivity contribution in [1.82, 2.24) is 19.5 Å². The summed E-state index contributed by atoms with van der Waals surface area (Å²) < 4.78 is 2.00. The van der Waals surface area contributed by atoms with Gasteiger partial charge in [-0.2, -0.15) is 5.10 Å². The molecule has 2 heterocycles. The number of benzene rings is 2. The number of hydrazone groups is 1. The molecule has 1 N–H and O–H groups in total. The summed E-state index contributed by atoms with van der Waals surface area (Å²) in [4.78, 5) is 12.6. The first-order valence-electron chi connectivity index (χ1n) is 7.93. The molecule has 0 saturated carbocycles. The Balaban J connectivity index is 1.56. The summed E-state index contributed by atoms with van der Waals surface area (Å²) in [5.74, 6) is 0. The molecule has 0 aliphatic rings. The van der Waals surface area contributed by atoms with Crippen molar-refractivity contribution in [2.24, 2.45) is 5.10 Å². The number of para-hydroxylation sites is 1. The van der Waals surface area contributed by atoms with Crippen molar-refractivity contribution >= 4 is 23.1 Å². The quantitative estimate of drug-likeness (QED) is 0.451. The first-order chi connectivity index (χ1) is 12.4. The van der Waals surface area contributed by atoms with Crippen LogP contribution in [0.2, 0.25) is 0 Å². The number of hydrogen-bond acceptors (Lipinski definition) is 5. The highest BCUT2D eigenvalue weighted by Gasteiger charge is 2.07.